The molecule has 0 saturated carbocycles. The summed E-state index contributed by atoms with van der Waals surface area (Å²) < 4.78 is 0. The Bertz CT molecular complexity index is 545. The lowest BCUT2D eigenvalue weighted by molar-refractivity contribution is 0.513. The molecule has 1 heterocycles. The molecular weight excluding hydrogens is 278 g/mol. The minimum absolute atomic E-state index is 0.325. The second-order valence-electron chi connectivity index (χ2n) is 5.64. The molecule has 1 atom stereocenters. The van der Waals surface area contributed by atoms with Crippen LogP contribution in [-0.4, -0.2) is 16.7 Å². The number of hydrogen-bond donors (Lipinski definition) is 1. The quantitative estimate of drug-likeness (QED) is 0.800. The lowest BCUT2D eigenvalue weighted by atomic mass is 10.0. The van der Waals surface area contributed by atoms with Crippen LogP contribution in [0.5, 0.6) is 0 Å². The van der Waals surface area contributed by atoms with E-state index in [2.05, 4.69) is 67.5 Å². The zero-order valence-electron chi connectivity index (χ0n) is 13.4. The molecule has 0 radical (unpaired) electrons. The molecule has 0 spiro atoms. The second kappa shape index (κ2) is 7.66. The Labute approximate surface area is 131 Å². The molecule has 1 unspecified atom stereocenters. The van der Waals surface area contributed by atoms with Crippen LogP contribution in [0.2, 0.25) is 0 Å². The van der Waals surface area contributed by atoms with Gasteiger partial charge in [-0.15, -0.1) is 10.2 Å². The SMILES string of the molecule is CCCNC(CC)c1nnc(-c2ccc(C(C)C)cc2)s1. The third-order valence-corrected chi connectivity index (χ3v) is 4.70. The molecule has 1 aromatic carbocycles. The van der Waals surface area contributed by atoms with Crippen molar-refractivity contribution < 1.29 is 0 Å². The topological polar surface area (TPSA) is 37.8 Å². The van der Waals surface area contributed by atoms with E-state index in [1.54, 1.807) is 11.3 Å². The molecule has 1 N–H and O–H groups in total. The maximum absolute atomic E-state index is 4.38. The number of benzene rings is 1. The minimum Gasteiger partial charge on any atom is -0.308 e. The van der Waals surface area contributed by atoms with Gasteiger partial charge in [-0.1, -0.05) is 63.3 Å². The van der Waals surface area contributed by atoms with Gasteiger partial charge in [0.15, 0.2) is 0 Å². The lowest BCUT2D eigenvalue weighted by Crippen LogP contribution is -2.21. The van der Waals surface area contributed by atoms with Crippen LogP contribution < -0.4 is 5.32 Å². The van der Waals surface area contributed by atoms with Crippen molar-refractivity contribution in [2.75, 3.05) is 6.54 Å². The molecule has 0 fully saturated rings. The van der Waals surface area contributed by atoms with Gasteiger partial charge in [0.05, 0.1) is 6.04 Å². The van der Waals surface area contributed by atoms with Crippen molar-refractivity contribution in [3.8, 4) is 10.6 Å². The summed E-state index contributed by atoms with van der Waals surface area (Å²) in [6.07, 6.45) is 2.18. The van der Waals surface area contributed by atoms with Crippen LogP contribution in [0, 0.1) is 0 Å². The third kappa shape index (κ3) is 4.11. The first-order valence-corrected chi connectivity index (χ1v) is 8.64. The highest BCUT2D eigenvalue weighted by Crippen LogP contribution is 2.29. The first kappa shape index (κ1) is 16.1. The van der Waals surface area contributed by atoms with Crippen LogP contribution in [0.1, 0.15) is 63.1 Å². The van der Waals surface area contributed by atoms with E-state index in [0.717, 1.165) is 35.0 Å². The van der Waals surface area contributed by atoms with Crippen molar-refractivity contribution in [3.05, 3.63) is 34.8 Å². The van der Waals surface area contributed by atoms with Crippen LogP contribution in [0.25, 0.3) is 10.6 Å². The monoisotopic (exact) mass is 303 g/mol. The van der Waals surface area contributed by atoms with Gasteiger partial charge in [-0.3, -0.25) is 0 Å². The van der Waals surface area contributed by atoms with Crippen molar-refractivity contribution in [2.45, 2.75) is 52.5 Å². The van der Waals surface area contributed by atoms with Gasteiger partial charge in [-0.2, -0.15) is 0 Å². The third-order valence-electron chi connectivity index (χ3n) is 3.61. The Kier molecular flexibility index (Phi) is 5.88. The summed E-state index contributed by atoms with van der Waals surface area (Å²) in [5, 5.41) is 14.4. The number of nitrogens with one attached hydrogen (secondary N) is 1. The Morgan fingerprint density at radius 3 is 2.38 bits per heavy atom. The molecule has 2 rings (SSSR count). The molecule has 0 aliphatic heterocycles. The van der Waals surface area contributed by atoms with E-state index in [1.807, 2.05) is 0 Å². The van der Waals surface area contributed by atoms with E-state index < -0.39 is 0 Å². The average molecular weight is 303 g/mol. The van der Waals surface area contributed by atoms with Gasteiger partial charge in [0, 0.05) is 5.56 Å². The van der Waals surface area contributed by atoms with Gasteiger partial charge < -0.3 is 5.32 Å². The van der Waals surface area contributed by atoms with Crippen molar-refractivity contribution in [1.29, 1.82) is 0 Å². The number of nitrogens with zero attached hydrogens (tertiary/aromatic N) is 2. The maximum atomic E-state index is 4.38. The summed E-state index contributed by atoms with van der Waals surface area (Å²) in [5.74, 6) is 0.562. The first-order chi connectivity index (χ1) is 10.2. The summed E-state index contributed by atoms with van der Waals surface area (Å²) in [5.41, 5.74) is 2.52. The number of hydrogen-bond acceptors (Lipinski definition) is 4. The fourth-order valence-electron chi connectivity index (χ4n) is 2.23. The fourth-order valence-corrected chi connectivity index (χ4v) is 3.24. The fraction of sp³-hybridized carbons (Fsp3) is 0.529. The van der Waals surface area contributed by atoms with Crippen molar-refractivity contribution in [3.63, 3.8) is 0 Å². The van der Waals surface area contributed by atoms with Crippen LogP contribution >= 0.6 is 11.3 Å². The van der Waals surface area contributed by atoms with Gasteiger partial charge in [0.2, 0.25) is 0 Å². The standard InChI is InChI=1S/C17H25N3S/c1-5-11-18-15(6-2)17-20-19-16(21-17)14-9-7-13(8-10-14)12(3)4/h7-10,12,15,18H,5-6,11H2,1-4H3. The zero-order chi connectivity index (χ0) is 15.2. The Morgan fingerprint density at radius 2 is 1.81 bits per heavy atom. The summed E-state index contributed by atoms with van der Waals surface area (Å²) in [4.78, 5) is 0. The van der Waals surface area contributed by atoms with E-state index in [-0.39, 0.29) is 0 Å². The van der Waals surface area contributed by atoms with Gasteiger partial charge in [0.25, 0.3) is 0 Å². The molecule has 0 amide bonds. The molecule has 1 aromatic heterocycles. The molecule has 0 aliphatic rings. The molecule has 114 valence electrons. The predicted octanol–water partition coefficient (Wildman–Crippen LogP) is 4.78. The Hall–Kier alpha value is -1.26. The smallest absolute Gasteiger partial charge is 0.147 e. The second-order valence-corrected chi connectivity index (χ2v) is 6.65. The van der Waals surface area contributed by atoms with Gasteiger partial charge in [0.1, 0.15) is 10.0 Å². The van der Waals surface area contributed by atoms with Gasteiger partial charge >= 0.3 is 0 Å². The van der Waals surface area contributed by atoms with E-state index >= 15 is 0 Å². The molecule has 4 heteroatoms. The molecular formula is C17H25N3S. The largest absolute Gasteiger partial charge is 0.308 e. The highest BCUT2D eigenvalue weighted by atomic mass is 32.1. The summed E-state index contributed by atoms with van der Waals surface area (Å²) in [6, 6.07) is 9.01. The van der Waals surface area contributed by atoms with Crippen molar-refractivity contribution in [1.82, 2.24) is 15.5 Å². The Balaban J connectivity index is 2.14. The minimum atomic E-state index is 0.325. The molecule has 0 aliphatic carbocycles. The molecule has 2 aromatic rings. The zero-order valence-corrected chi connectivity index (χ0v) is 14.2. The number of rotatable bonds is 7. The summed E-state index contributed by atoms with van der Waals surface area (Å²) >= 11 is 1.70. The van der Waals surface area contributed by atoms with Crippen LogP contribution in [0.4, 0.5) is 0 Å². The normalized spacial score (nSPS) is 12.8. The maximum Gasteiger partial charge on any atom is 0.147 e. The number of aromatic nitrogens is 2. The van der Waals surface area contributed by atoms with E-state index in [1.165, 1.54) is 5.56 Å². The summed E-state index contributed by atoms with van der Waals surface area (Å²) in [7, 11) is 0. The average Bonchev–Trinajstić information content (AvgIpc) is 2.98. The highest BCUT2D eigenvalue weighted by Gasteiger charge is 2.15. The van der Waals surface area contributed by atoms with Crippen molar-refractivity contribution in [2.24, 2.45) is 0 Å². The highest BCUT2D eigenvalue weighted by molar-refractivity contribution is 7.14. The molecule has 0 bridgehead atoms. The molecule has 3 nitrogen and oxygen atoms in total. The van der Waals surface area contributed by atoms with Crippen LogP contribution in [-0.2, 0) is 0 Å². The first-order valence-electron chi connectivity index (χ1n) is 7.82. The molecule has 0 saturated heterocycles. The van der Waals surface area contributed by atoms with E-state index in [4.69, 9.17) is 0 Å². The van der Waals surface area contributed by atoms with Gasteiger partial charge in [-0.25, -0.2) is 0 Å². The lowest BCUT2D eigenvalue weighted by Gasteiger charge is -2.12. The predicted molar refractivity (Wildman–Crippen MR) is 90.8 cm³/mol. The van der Waals surface area contributed by atoms with Gasteiger partial charge in [-0.05, 0) is 30.9 Å². The van der Waals surface area contributed by atoms with E-state index in [0.29, 0.717) is 12.0 Å². The van der Waals surface area contributed by atoms with E-state index in [9.17, 15) is 0 Å². The molecule has 21 heavy (non-hydrogen) atoms. The Morgan fingerprint density at radius 1 is 1.10 bits per heavy atom. The van der Waals surface area contributed by atoms with Crippen LogP contribution in [0.3, 0.4) is 0 Å². The van der Waals surface area contributed by atoms with Crippen LogP contribution in [0.15, 0.2) is 24.3 Å². The summed E-state index contributed by atoms with van der Waals surface area (Å²) in [6.45, 7) is 9.82. The van der Waals surface area contributed by atoms with Crippen molar-refractivity contribution >= 4 is 11.3 Å².